The second-order valence-corrected chi connectivity index (χ2v) is 3.28. The Kier molecular flexibility index (Phi) is 2.45. The molecule has 2 heterocycles. The van der Waals surface area contributed by atoms with Crippen molar-refractivity contribution in [3.63, 3.8) is 0 Å². The van der Waals surface area contributed by atoms with Gasteiger partial charge in [0.25, 0.3) is 5.56 Å². The zero-order chi connectivity index (χ0) is 11.7. The number of nitrogens with one attached hydrogen (secondary N) is 2. The third-order valence-corrected chi connectivity index (χ3v) is 2.18. The summed E-state index contributed by atoms with van der Waals surface area (Å²) in [5.74, 6) is 0.493. The number of H-pyrrole nitrogens is 2. The summed E-state index contributed by atoms with van der Waals surface area (Å²) in [6.45, 7) is 0.381. The van der Waals surface area contributed by atoms with E-state index in [1.165, 1.54) is 11.6 Å². The molecule has 0 radical (unpaired) electrons. The van der Waals surface area contributed by atoms with E-state index in [0.717, 1.165) is 0 Å². The van der Waals surface area contributed by atoms with Gasteiger partial charge >= 0.3 is 5.69 Å². The van der Waals surface area contributed by atoms with Crippen LogP contribution >= 0.6 is 0 Å². The molecule has 16 heavy (non-hydrogen) atoms. The molecule has 0 unspecified atom stereocenters. The second kappa shape index (κ2) is 3.78. The largest absolute Gasteiger partial charge is 0.333 e. The number of hydrogen-bond acceptors (Lipinski definition) is 4. The van der Waals surface area contributed by atoms with Crippen LogP contribution in [0.2, 0.25) is 0 Å². The molecule has 0 saturated carbocycles. The molecular formula is C9H11N5O2. The van der Waals surface area contributed by atoms with Crippen molar-refractivity contribution in [3.05, 3.63) is 32.7 Å². The molecule has 2 rings (SSSR count). The Morgan fingerprint density at radius 1 is 1.44 bits per heavy atom. The monoisotopic (exact) mass is 221 g/mol. The molecule has 7 nitrogen and oxygen atoms in total. The van der Waals surface area contributed by atoms with Crippen molar-refractivity contribution in [1.29, 1.82) is 0 Å². The summed E-state index contributed by atoms with van der Waals surface area (Å²) in [7, 11) is 1.54. The highest BCUT2D eigenvalue weighted by molar-refractivity contribution is 5.71. The summed E-state index contributed by atoms with van der Waals surface area (Å²) in [6, 6.07) is 0. The minimum atomic E-state index is -0.488. The first-order valence-corrected chi connectivity index (χ1v) is 4.69. The molecule has 0 saturated heterocycles. The Morgan fingerprint density at radius 2 is 2.19 bits per heavy atom. The van der Waals surface area contributed by atoms with Crippen molar-refractivity contribution in [2.75, 3.05) is 6.54 Å². The lowest BCUT2D eigenvalue weighted by Gasteiger charge is -1.94. The van der Waals surface area contributed by atoms with Crippen molar-refractivity contribution in [2.45, 2.75) is 0 Å². The Bertz CT molecular complexity index is 661. The molecule has 0 spiro atoms. The highest BCUT2D eigenvalue weighted by atomic mass is 16.2. The molecule has 0 fully saturated rings. The van der Waals surface area contributed by atoms with Crippen LogP contribution in [0.1, 0.15) is 5.82 Å². The van der Waals surface area contributed by atoms with Crippen LogP contribution in [0.5, 0.6) is 0 Å². The first-order valence-electron chi connectivity index (χ1n) is 4.69. The molecule has 0 aromatic carbocycles. The summed E-state index contributed by atoms with van der Waals surface area (Å²) < 4.78 is 1.27. The van der Waals surface area contributed by atoms with Crippen LogP contribution in [0.3, 0.4) is 0 Å². The Morgan fingerprint density at radius 3 is 2.88 bits per heavy atom. The van der Waals surface area contributed by atoms with Gasteiger partial charge < -0.3 is 10.7 Å². The fourth-order valence-electron chi connectivity index (χ4n) is 1.38. The van der Waals surface area contributed by atoms with Crippen LogP contribution in [0.25, 0.3) is 17.2 Å². The van der Waals surface area contributed by atoms with E-state index < -0.39 is 11.2 Å². The number of rotatable bonds is 2. The Balaban J connectivity index is 2.75. The van der Waals surface area contributed by atoms with E-state index in [1.54, 1.807) is 12.2 Å². The first kappa shape index (κ1) is 10.4. The van der Waals surface area contributed by atoms with Gasteiger partial charge in [-0.15, -0.1) is 0 Å². The molecule has 84 valence electrons. The lowest BCUT2D eigenvalue weighted by Crippen LogP contribution is -2.28. The van der Waals surface area contributed by atoms with Gasteiger partial charge in [0.1, 0.15) is 11.3 Å². The molecule has 4 N–H and O–H groups in total. The summed E-state index contributed by atoms with van der Waals surface area (Å²) in [5.41, 5.74) is 4.94. The topological polar surface area (TPSA) is 110 Å². The number of nitrogens with zero attached hydrogens (tertiary/aromatic N) is 2. The van der Waals surface area contributed by atoms with Crippen LogP contribution in [0, 0.1) is 0 Å². The number of aromatic nitrogens is 4. The highest BCUT2D eigenvalue weighted by Crippen LogP contribution is 2.04. The fourth-order valence-corrected chi connectivity index (χ4v) is 1.38. The number of hydrogen-bond donors (Lipinski definition) is 3. The molecule has 0 aliphatic rings. The summed E-state index contributed by atoms with van der Waals surface area (Å²) >= 11 is 0. The van der Waals surface area contributed by atoms with E-state index in [1.807, 2.05) is 0 Å². The SMILES string of the molecule is Cn1c(=O)[nH]c(=O)c2[nH]c(C=CCN)nc21. The van der Waals surface area contributed by atoms with E-state index in [0.29, 0.717) is 18.0 Å². The molecule has 2 aromatic heterocycles. The van der Waals surface area contributed by atoms with Gasteiger partial charge in [0.2, 0.25) is 0 Å². The zero-order valence-corrected chi connectivity index (χ0v) is 8.65. The average molecular weight is 221 g/mol. The summed E-state index contributed by atoms with van der Waals surface area (Å²) in [5, 5.41) is 0. The van der Waals surface area contributed by atoms with Gasteiger partial charge in [0.05, 0.1) is 0 Å². The first-order chi connectivity index (χ1) is 7.63. The fraction of sp³-hybridized carbons (Fsp3) is 0.222. The lowest BCUT2D eigenvalue weighted by molar-refractivity contribution is 0.832. The van der Waals surface area contributed by atoms with E-state index in [-0.39, 0.29) is 5.52 Å². The molecule has 0 aliphatic heterocycles. The maximum atomic E-state index is 11.4. The van der Waals surface area contributed by atoms with Crippen molar-refractivity contribution in [1.82, 2.24) is 19.5 Å². The van der Waals surface area contributed by atoms with Gasteiger partial charge in [-0.1, -0.05) is 6.08 Å². The van der Waals surface area contributed by atoms with Crippen LogP contribution in [0.4, 0.5) is 0 Å². The predicted molar refractivity (Wildman–Crippen MR) is 60.0 cm³/mol. The number of nitrogens with two attached hydrogens (primary N) is 1. The molecule has 0 aliphatic carbocycles. The van der Waals surface area contributed by atoms with E-state index >= 15 is 0 Å². The van der Waals surface area contributed by atoms with E-state index in [2.05, 4.69) is 15.0 Å². The van der Waals surface area contributed by atoms with Crippen LogP contribution in [-0.4, -0.2) is 26.1 Å². The number of aryl methyl sites for hydroxylation is 1. The van der Waals surface area contributed by atoms with Crippen LogP contribution in [0.15, 0.2) is 15.7 Å². The van der Waals surface area contributed by atoms with Gasteiger partial charge in [-0.3, -0.25) is 14.3 Å². The second-order valence-electron chi connectivity index (χ2n) is 3.28. The van der Waals surface area contributed by atoms with E-state index in [4.69, 9.17) is 5.73 Å². The molecule has 0 atom stereocenters. The van der Waals surface area contributed by atoms with Crippen LogP contribution in [-0.2, 0) is 7.05 Å². The van der Waals surface area contributed by atoms with Crippen LogP contribution < -0.4 is 17.0 Å². The number of aromatic amines is 2. The standard InChI is InChI=1S/C9H11N5O2/c1-14-7-6(8(15)13-9(14)16)11-5(12-7)3-2-4-10/h2-3H,4,10H2,1H3,(H,11,12)(H,13,15,16). The van der Waals surface area contributed by atoms with E-state index in [9.17, 15) is 9.59 Å². The number of imidazole rings is 1. The van der Waals surface area contributed by atoms with Crippen molar-refractivity contribution in [3.8, 4) is 0 Å². The van der Waals surface area contributed by atoms with Gasteiger partial charge in [-0.2, -0.15) is 0 Å². The van der Waals surface area contributed by atoms with Gasteiger partial charge in [-0.25, -0.2) is 9.78 Å². The normalized spacial score (nSPS) is 11.6. The number of fused-ring (bicyclic) bond motifs is 1. The minimum Gasteiger partial charge on any atom is -0.333 e. The van der Waals surface area contributed by atoms with Gasteiger partial charge in [-0.05, 0) is 6.08 Å². The van der Waals surface area contributed by atoms with Gasteiger partial charge in [0, 0.05) is 13.6 Å². The summed E-state index contributed by atoms with van der Waals surface area (Å²) in [4.78, 5) is 31.9. The molecule has 0 amide bonds. The quantitative estimate of drug-likeness (QED) is 0.599. The maximum Gasteiger partial charge on any atom is 0.329 e. The van der Waals surface area contributed by atoms with Crippen molar-refractivity contribution < 1.29 is 0 Å². The third kappa shape index (κ3) is 1.57. The smallest absolute Gasteiger partial charge is 0.329 e. The molecule has 0 bridgehead atoms. The minimum absolute atomic E-state index is 0.277. The summed E-state index contributed by atoms with van der Waals surface area (Å²) in [6.07, 6.45) is 3.36. The Labute approximate surface area is 89.6 Å². The Hall–Kier alpha value is -2.15. The molecule has 2 aromatic rings. The van der Waals surface area contributed by atoms with Crippen molar-refractivity contribution >= 4 is 17.2 Å². The third-order valence-electron chi connectivity index (χ3n) is 2.18. The zero-order valence-electron chi connectivity index (χ0n) is 8.65. The lowest BCUT2D eigenvalue weighted by atomic mass is 10.5. The molecular weight excluding hydrogens is 210 g/mol. The maximum absolute atomic E-state index is 11.4. The van der Waals surface area contributed by atoms with Gasteiger partial charge in [0.15, 0.2) is 5.65 Å². The predicted octanol–water partition coefficient (Wildman–Crippen LogP) is -1.08. The average Bonchev–Trinajstić information content (AvgIpc) is 2.68. The highest BCUT2D eigenvalue weighted by Gasteiger charge is 2.08. The van der Waals surface area contributed by atoms with Crippen molar-refractivity contribution in [2.24, 2.45) is 12.8 Å². The molecule has 7 heteroatoms.